The van der Waals surface area contributed by atoms with Crippen LogP contribution < -0.4 is 0 Å². The molecule has 2 nitrogen and oxygen atoms in total. The minimum absolute atomic E-state index is 0.0418. The molecule has 14 heavy (non-hydrogen) atoms. The van der Waals surface area contributed by atoms with Crippen LogP contribution in [0, 0.1) is 17.2 Å². The Morgan fingerprint density at radius 1 is 1.36 bits per heavy atom. The monoisotopic (exact) mass is 195 g/mol. The van der Waals surface area contributed by atoms with Crippen molar-refractivity contribution in [3.8, 4) is 6.07 Å². The van der Waals surface area contributed by atoms with Crippen LogP contribution in [0.1, 0.15) is 52.9 Å². The predicted octanol–water partition coefficient (Wildman–Crippen LogP) is 3.27. The summed E-state index contributed by atoms with van der Waals surface area (Å²) in [6, 6.07) is 2.22. The lowest BCUT2D eigenvalue weighted by Gasteiger charge is -2.28. The Labute approximate surface area is 87.3 Å². The van der Waals surface area contributed by atoms with Gasteiger partial charge in [0.2, 0.25) is 0 Å². The molecule has 1 aliphatic carbocycles. The molecule has 80 valence electrons. The van der Waals surface area contributed by atoms with Gasteiger partial charge in [-0.1, -0.05) is 6.42 Å². The molecule has 2 heteroatoms. The standard InChI is InChI=1S/C12H21NO/c1-12(2,3)14-11-8-4-6-10(11)7-5-9-13/h10-11H,4-8H2,1-3H3/t10-,11-/m1/s1. The van der Waals surface area contributed by atoms with Gasteiger partial charge in [-0.2, -0.15) is 5.26 Å². The van der Waals surface area contributed by atoms with E-state index >= 15 is 0 Å². The predicted molar refractivity (Wildman–Crippen MR) is 56.8 cm³/mol. The third-order valence-electron chi connectivity index (χ3n) is 2.72. The van der Waals surface area contributed by atoms with Crippen LogP contribution in [0.2, 0.25) is 0 Å². The van der Waals surface area contributed by atoms with Crippen molar-refractivity contribution in [2.45, 2.75) is 64.6 Å². The maximum Gasteiger partial charge on any atom is 0.0621 e. The molecule has 0 heterocycles. The largest absolute Gasteiger partial charge is 0.372 e. The molecule has 0 amide bonds. The summed E-state index contributed by atoms with van der Waals surface area (Å²) >= 11 is 0. The Hall–Kier alpha value is -0.550. The van der Waals surface area contributed by atoms with Crippen molar-refractivity contribution in [2.75, 3.05) is 0 Å². The average Bonchev–Trinajstić information content (AvgIpc) is 2.45. The quantitative estimate of drug-likeness (QED) is 0.692. The van der Waals surface area contributed by atoms with Gasteiger partial charge in [0.05, 0.1) is 17.8 Å². The molecule has 0 radical (unpaired) electrons. The summed E-state index contributed by atoms with van der Waals surface area (Å²) in [7, 11) is 0. The van der Waals surface area contributed by atoms with Gasteiger partial charge in [-0.15, -0.1) is 0 Å². The zero-order valence-corrected chi connectivity index (χ0v) is 9.55. The van der Waals surface area contributed by atoms with E-state index in [2.05, 4.69) is 26.8 Å². The summed E-state index contributed by atoms with van der Waals surface area (Å²) in [6.07, 6.45) is 5.75. The molecular weight excluding hydrogens is 174 g/mol. The van der Waals surface area contributed by atoms with Gasteiger partial charge in [-0.3, -0.25) is 0 Å². The van der Waals surface area contributed by atoms with Gasteiger partial charge < -0.3 is 4.74 Å². The van der Waals surface area contributed by atoms with Crippen molar-refractivity contribution in [1.82, 2.24) is 0 Å². The first-order chi connectivity index (χ1) is 6.53. The second-order valence-corrected chi connectivity index (χ2v) is 5.16. The second kappa shape index (κ2) is 4.79. The summed E-state index contributed by atoms with van der Waals surface area (Å²) in [4.78, 5) is 0. The molecule has 0 aromatic carbocycles. The van der Waals surface area contributed by atoms with E-state index in [0.29, 0.717) is 18.4 Å². The molecule has 0 bridgehead atoms. The first-order valence-electron chi connectivity index (χ1n) is 5.58. The summed E-state index contributed by atoms with van der Waals surface area (Å²) < 4.78 is 6.00. The van der Waals surface area contributed by atoms with E-state index in [0.717, 1.165) is 6.42 Å². The SMILES string of the molecule is CC(C)(C)O[C@@H]1CCC[C@@H]1CCC#N. The summed E-state index contributed by atoms with van der Waals surface area (Å²) in [5, 5.41) is 8.55. The third kappa shape index (κ3) is 3.67. The Morgan fingerprint density at radius 3 is 2.64 bits per heavy atom. The molecule has 0 N–H and O–H groups in total. The fourth-order valence-corrected chi connectivity index (χ4v) is 2.19. The highest BCUT2D eigenvalue weighted by molar-refractivity contribution is 4.83. The molecule has 0 aromatic rings. The zero-order chi connectivity index (χ0) is 10.6. The lowest BCUT2D eigenvalue weighted by molar-refractivity contribution is -0.0759. The first-order valence-corrected chi connectivity index (χ1v) is 5.58. The molecule has 0 aromatic heterocycles. The zero-order valence-electron chi connectivity index (χ0n) is 9.55. The fourth-order valence-electron chi connectivity index (χ4n) is 2.19. The highest BCUT2D eigenvalue weighted by atomic mass is 16.5. The summed E-state index contributed by atoms with van der Waals surface area (Å²) in [6.45, 7) is 6.31. The molecule has 1 fully saturated rings. The van der Waals surface area contributed by atoms with E-state index in [1.807, 2.05) is 0 Å². The van der Waals surface area contributed by atoms with Crippen molar-refractivity contribution in [2.24, 2.45) is 5.92 Å². The maximum atomic E-state index is 8.55. The van der Waals surface area contributed by atoms with Crippen molar-refractivity contribution in [3.05, 3.63) is 0 Å². The smallest absolute Gasteiger partial charge is 0.0621 e. The molecular formula is C12H21NO. The number of nitrogens with zero attached hydrogens (tertiary/aromatic N) is 1. The van der Waals surface area contributed by atoms with Gasteiger partial charge in [0.15, 0.2) is 0 Å². The van der Waals surface area contributed by atoms with E-state index in [9.17, 15) is 0 Å². The van der Waals surface area contributed by atoms with Crippen LogP contribution in [0.5, 0.6) is 0 Å². The number of hydrogen-bond donors (Lipinski definition) is 0. The van der Waals surface area contributed by atoms with Crippen LogP contribution in [-0.2, 0) is 4.74 Å². The minimum Gasteiger partial charge on any atom is -0.372 e. The van der Waals surface area contributed by atoms with E-state index in [-0.39, 0.29) is 5.60 Å². The Morgan fingerprint density at radius 2 is 2.07 bits per heavy atom. The van der Waals surface area contributed by atoms with Crippen molar-refractivity contribution in [3.63, 3.8) is 0 Å². The molecule has 1 rings (SSSR count). The lowest BCUT2D eigenvalue weighted by Crippen LogP contribution is -2.29. The van der Waals surface area contributed by atoms with Gasteiger partial charge in [-0.05, 0) is 46.0 Å². The summed E-state index contributed by atoms with van der Waals surface area (Å²) in [5.41, 5.74) is -0.0418. The molecule has 0 unspecified atom stereocenters. The highest BCUT2D eigenvalue weighted by Crippen LogP contribution is 2.33. The van der Waals surface area contributed by atoms with Crippen LogP contribution >= 0.6 is 0 Å². The number of rotatable bonds is 3. The van der Waals surface area contributed by atoms with Crippen LogP contribution in [0.15, 0.2) is 0 Å². The highest BCUT2D eigenvalue weighted by Gasteiger charge is 2.30. The van der Waals surface area contributed by atoms with E-state index < -0.39 is 0 Å². The van der Waals surface area contributed by atoms with Crippen molar-refractivity contribution >= 4 is 0 Å². The minimum atomic E-state index is -0.0418. The molecule has 2 atom stereocenters. The lowest BCUT2D eigenvalue weighted by atomic mass is 9.99. The van der Waals surface area contributed by atoms with E-state index in [1.54, 1.807) is 0 Å². The van der Waals surface area contributed by atoms with Crippen LogP contribution in [0.4, 0.5) is 0 Å². The normalized spacial score (nSPS) is 27.6. The topological polar surface area (TPSA) is 33.0 Å². The first kappa shape index (κ1) is 11.5. The molecule has 0 saturated heterocycles. The molecule has 1 aliphatic rings. The van der Waals surface area contributed by atoms with E-state index in [1.165, 1.54) is 19.3 Å². The van der Waals surface area contributed by atoms with Crippen molar-refractivity contribution < 1.29 is 4.74 Å². The van der Waals surface area contributed by atoms with Gasteiger partial charge in [-0.25, -0.2) is 0 Å². The fraction of sp³-hybridized carbons (Fsp3) is 0.917. The number of hydrogen-bond acceptors (Lipinski definition) is 2. The number of ether oxygens (including phenoxy) is 1. The second-order valence-electron chi connectivity index (χ2n) is 5.16. The van der Waals surface area contributed by atoms with Gasteiger partial charge in [0.25, 0.3) is 0 Å². The Bertz CT molecular complexity index is 211. The average molecular weight is 195 g/mol. The molecule has 0 aliphatic heterocycles. The van der Waals surface area contributed by atoms with Crippen molar-refractivity contribution in [1.29, 1.82) is 5.26 Å². The molecule has 1 saturated carbocycles. The maximum absolute atomic E-state index is 8.55. The van der Waals surface area contributed by atoms with Crippen LogP contribution in [-0.4, -0.2) is 11.7 Å². The van der Waals surface area contributed by atoms with Crippen LogP contribution in [0.25, 0.3) is 0 Å². The van der Waals surface area contributed by atoms with Crippen LogP contribution in [0.3, 0.4) is 0 Å². The van der Waals surface area contributed by atoms with Gasteiger partial charge in [0, 0.05) is 6.42 Å². The number of nitriles is 1. The Kier molecular flexibility index (Phi) is 3.95. The molecule has 0 spiro atoms. The van der Waals surface area contributed by atoms with Gasteiger partial charge in [0.1, 0.15) is 0 Å². The Balaban J connectivity index is 2.40. The van der Waals surface area contributed by atoms with Gasteiger partial charge >= 0.3 is 0 Å². The third-order valence-corrected chi connectivity index (χ3v) is 2.72. The van der Waals surface area contributed by atoms with E-state index in [4.69, 9.17) is 10.00 Å². The summed E-state index contributed by atoms with van der Waals surface area (Å²) in [5.74, 6) is 0.619.